The van der Waals surface area contributed by atoms with E-state index in [4.69, 9.17) is 0 Å². The summed E-state index contributed by atoms with van der Waals surface area (Å²) in [7, 11) is 0. The average Bonchev–Trinajstić information content (AvgIpc) is 2.55. The van der Waals surface area contributed by atoms with Crippen molar-refractivity contribution >= 4 is 11.5 Å². The molecule has 2 heterocycles. The van der Waals surface area contributed by atoms with Gasteiger partial charge < -0.3 is 0 Å². The average molecular weight is 175 g/mol. The Morgan fingerprint density at radius 2 is 2.00 bits per heavy atom. The molecule has 0 bridgehead atoms. The molecule has 0 unspecified atom stereocenters. The van der Waals surface area contributed by atoms with Crippen molar-refractivity contribution in [1.29, 1.82) is 0 Å². The van der Waals surface area contributed by atoms with Crippen LogP contribution < -0.4 is 0 Å². The van der Waals surface area contributed by atoms with E-state index in [0.29, 0.717) is 5.92 Å². The lowest BCUT2D eigenvalue weighted by Gasteiger charge is -2.07. The van der Waals surface area contributed by atoms with Crippen molar-refractivity contribution in [2.24, 2.45) is 0 Å². The van der Waals surface area contributed by atoms with Gasteiger partial charge in [0, 0.05) is 11.8 Å². The molecular weight excluding hydrogens is 162 g/mol. The molecule has 1 aliphatic rings. The molecule has 0 saturated carbocycles. The van der Waals surface area contributed by atoms with Crippen LogP contribution in [0.15, 0.2) is 18.2 Å². The highest BCUT2D eigenvalue weighted by atomic mass is 16.2. The fourth-order valence-corrected chi connectivity index (χ4v) is 1.78. The highest BCUT2D eigenvalue weighted by Gasteiger charge is 2.21. The molecule has 0 saturated heterocycles. The molecular formula is C11H13NO. The molecule has 0 atom stereocenters. The molecule has 0 aliphatic carbocycles. The predicted molar refractivity (Wildman–Crippen MR) is 52.8 cm³/mol. The number of allylic oxidation sites excluding steroid dienone is 2. The van der Waals surface area contributed by atoms with Crippen LogP contribution in [0, 0.1) is 0 Å². The van der Waals surface area contributed by atoms with Gasteiger partial charge in [-0.25, -0.2) is 0 Å². The summed E-state index contributed by atoms with van der Waals surface area (Å²) in [6.07, 6.45) is 1.70. The standard InChI is InChI=1S/C11H13NO/c1-7(2)9-4-5-10-8(3)6-11(13)12(9)10/h4-7H,1-3H3. The van der Waals surface area contributed by atoms with Crippen molar-refractivity contribution in [2.45, 2.75) is 26.7 Å². The third-order valence-electron chi connectivity index (χ3n) is 2.47. The number of hydrogen-bond donors (Lipinski definition) is 0. The fraction of sp³-hybridized carbons (Fsp3) is 0.364. The van der Waals surface area contributed by atoms with Crippen LogP contribution in [0.2, 0.25) is 0 Å². The van der Waals surface area contributed by atoms with Crippen LogP contribution in [0.3, 0.4) is 0 Å². The second kappa shape index (κ2) is 2.59. The van der Waals surface area contributed by atoms with E-state index in [-0.39, 0.29) is 5.91 Å². The first-order chi connectivity index (χ1) is 6.11. The Hall–Kier alpha value is -1.31. The number of fused-ring (bicyclic) bond motifs is 1. The first-order valence-electron chi connectivity index (χ1n) is 4.56. The Bertz CT molecular complexity index is 396. The van der Waals surface area contributed by atoms with Crippen LogP contribution in [0.1, 0.15) is 42.9 Å². The molecule has 0 fully saturated rings. The molecule has 2 nitrogen and oxygen atoms in total. The molecule has 1 aromatic heterocycles. The van der Waals surface area contributed by atoms with E-state index in [1.807, 2.05) is 19.1 Å². The molecule has 2 heteroatoms. The van der Waals surface area contributed by atoms with E-state index < -0.39 is 0 Å². The third-order valence-corrected chi connectivity index (χ3v) is 2.47. The summed E-state index contributed by atoms with van der Waals surface area (Å²) in [6, 6.07) is 4.06. The molecule has 0 spiro atoms. The minimum absolute atomic E-state index is 0.0983. The molecule has 0 N–H and O–H groups in total. The SMILES string of the molecule is CC1=CC(=O)n2c1ccc2C(C)C. The summed E-state index contributed by atoms with van der Waals surface area (Å²) in [6.45, 7) is 6.17. The van der Waals surface area contributed by atoms with Crippen molar-refractivity contribution in [3.8, 4) is 0 Å². The second-order valence-corrected chi connectivity index (χ2v) is 3.80. The number of hydrogen-bond acceptors (Lipinski definition) is 1. The molecule has 0 aromatic carbocycles. The van der Waals surface area contributed by atoms with Gasteiger partial charge in [0.1, 0.15) is 0 Å². The van der Waals surface area contributed by atoms with Gasteiger partial charge in [-0.2, -0.15) is 0 Å². The summed E-state index contributed by atoms with van der Waals surface area (Å²) in [5.41, 5.74) is 3.22. The van der Waals surface area contributed by atoms with Crippen molar-refractivity contribution in [3.05, 3.63) is 29.6 Å². The van der Waals surface area contributed by atoms with Gasteiger partial charge in [0.2, 0.25) is 0 Å². The molecule has 13 heavy (non-hydrogen) atoms. The van der Waals surface area contributed by atoms with Crippen LogP contribution in [0.4, 0.5) is 0 Å². The zero-order chi connectivity index (χ0) is 9.59. The van der Waals surface area contributed by atoms with Crippen LogP contribution in [0.5, 0.6) is 0 Å². The molecule has 1 aromatic rings. The minimum atomic E-state index is 0.0983. The van der Waals surface area contributed by atoms with E-state index in [1.165, 1.54) is 0 Å². The van der Waals surface area contributed by atoms with Gasteiger partial charge in [-0.15, -0.1) is 0 Å². The number of nitrogens with zero attached hydrogens (tertiary/aromatic N) is 1. The monoisotopic (exact) mass is 175 g/mol. The summed E-state index contributed by atoms with van der Waals surface area (Å²) >= 11 is 0. The van der Waals surface area contributed by atoms with E-state index in [9.17, 15) is 4.79 Å². The topological polar surface area (TPSA) is 22.0 Å². The first kappa shape index (κ1) is 8.30. The minimum Gasteiger partial charge on any atom is -0.281 e. The van der Waals surface area contributed by atoms with Crippen molar-refractivity contribution in [1.82, 2.24) is 4.57 Å². The Balaban J connectivity index is 2.60. The third kappa shape index (κ3) is 1.05. The Morgan fingerprint density at radius 3 is 2.62 bits per heavy atom. The number of aromatic nitrogens is 1. The van der Waals surface area contributed by atoms with E-state index in [0.717, 1.165) is 17.0 Å². The Kier molecular flexibility index (Phi) is 1.65. The number of rotatable bonds is 1. The Morgan fingerprint density at radius 1 is 1.31 bits per heavy atom. The summed E-state index contributed by atoms with van der Waals surface area (Å²) in [5, 5.41) is 0. The maximum Gasteiger partial charge on any atom is 0.255 e. The normalized spacial score (nSPS) is 15.1. The fourth-order valence-electron chi connectivity index (χ4n) is 1.78. The van der Waals surface area contributed by atoms with Crippen LogP contribution in [-0.4, -0.2) is 10.5 Å². The molecule has 1 aliphatic heterocycles. The zero-order valence-corrected chi connectivity index (χ0v) is 8.16. The van der Waals surface area contributed by atoms with Gasteiger partial charge in [-0.05, 0) is 30.5 Å². The highest BCUT2D eigenvalue weighted by Crippen LogP contribution is 2.27. The van der Waals surface area contributed by atoms with Crippen LogP contribution in [0.25, 0.3) is 5.57 Å². The largest absolute Gasteiger partial charge is 0.281 e. The highest BCUT2D eigenvalue weighted by molar-refractivity contribution is 6.03. The lowest BCUT2D eigenvalue weighted by Crippen LogP contribution is -2.09. The maximum absolute atomic E-state index is 11.5. The lowest BCUT2D eigenvalue weighted by atomic mass is 10.1. The van der Waals surface area contributed by atoms with E-state index in [1.54, 1.807) is 10.6 Å². The van der Waals surface area contributed by atoms with E-state index >= 15 is 0 Å². The first-order valence-corrected chi connectivity index (χ1v) is 4.56. The summed E-state index contributed by atoms with van der Waals surface area (Å²) in [4.78, 5) is 11.5. The molecule has 2 rings (SSSR count). The van der Waals surface area contributed by atoms with Gasteiger partial charge >= 0.3 is 0 Å². The van der Waals surface area contributed by atoms with Crippen molar-refractivity contribution in [2.75, 3.05) is 0 Å². The van der Waals surface area contributed by atoms with Gasteiger partial charge in [-0.3, -0.25) is 9.36 Å². The molecule has 0 radical (unpaired) electrons. The van der Waals surface area contributed by atoms with Crippen LogP contribution in [-0.2, 0) is 0 Å². The Labute approximate surface area is 77.9 Å². The summed E-state index contributed by atoms with van der Waals surface area (Å²) in [5.74, 6) is 0.498. The maximum atomic E-state index is 11.5. The molecule has 68 valence electrons. The lowest BCUT2D eigenvalue weighted by molar-refractivity contribution is 0.0970. The van der Waals surface area contributed by atoms with Gasteiger partial charge in [0.25, 0.3) is 5.91 Å². The van der Waals surface area contributed by atoms with Crippen LogP contribution >= 0.6 is 0 Å². The quantitative estimate of drug-likeness (QED) is 0.643. The van der Waals surface area contributed by atoms with E-state index in [2.05, 4.69) is 13.8 Å². The zero-order valence-electron chi connectivity index (χ0n) is 8.16. The van der Waals surface area contributed by atoms with Gasteiger partial charge in [0.15, 0.2) is 0 Å². The predicted octanol–water partition coefficient (Wildman–Crippen LogP) is 2.67. The number of carbonyl (C=O) groups is 1. The van der Waals surface area contributed by atoms with Gasteiger partial charge in [0.05, 0.1) is 5.69 Å². The number of carbonyl (C=O) groups excluding carboxylic acids is 1. The second-order valence-electron chi connectivity index (χ2n) is 3.80. The smallest absolute Gasteiger partial charge is 0.255 e. The van der Waals surface area contributed by atoms with Gasteiger partial charge in [-0.1, -0.05) is 13.8 Å². The molecule has 0 amide bonds. The van der Waals surface area contributed by atoms with Crippen molar-refractivity contribution in [3.63, 3.8) is 0 Å². The summed E-state index contributed by atoms with van der Waals surface area (Å²) < 4.78 is 1.81. The van der Waals surface area contributed by atoms with Crippen molar-refractivity contribution < 1.29 is 4.79 Å².